The molecule has 3 unspecified atom stereocenters. The van der Waals surface area contributed by atoms with Gasteiger partial charge in [0.1, 0.15) is 0 Å². The number of aliphatic hydroxyl groups excluding tert-OH is 1. The summed E-state index contributed by atoms with van der Waals surface area (Å²) in [5, 5.41) is 13.7. The fourth-order valence-electron chi connectivity index (χ4n) is 4.02. The number of nitrogens with two attached hydrogens (primary N) is 1. The van der Waals surface area contributed by atoms with Crippen molar-refractivity contribution in [3.05, 3.63) is 0 Å². The van der Waals surface area contributed by atoms with Crippen molar-refractivity contribution in [1.82, 2.24) is 5.32 Å². The number of aliphatic hydroxyl groups is 1. The Hall–Kier alpha value is -0.192. The molecule has 0 heterocycles. The Kier molecular flexibility index (Phi) is 13.0. The van der Waals surface area contributed by atoms with Crippen molar-refractivity contribution < 1.29 is 24.2 Å². The van der Waals surface area contributed by atoms with Gasteiger partial charge in [0.25, 0.3) is 0 Å². The Morgan fingerprint density at radius 1 is 1.13 bits per heavy atom. The Morgan fingerprint density at radius 2 is 1.73 bits per heavy atom. The van der Waals surface area contributed by atoms with E-state index in [9.17, 15) is 24.2 Å². The van der Waals surface area contributed by atoms with E-state index in [1.165, 1.54) is 6.42 Å². The quantitative estimate of drug-likeness (QED) is 0.223. The van der Waals surface area contributed by atoms with Crippen LogP contribution in [-0.2, 0) is 14.2 Å². The molecule has 1 saturated carbocycles. The third-order valence-electron chi connectivity index (χ3n) is 5.94. The van der Waals surface area contributed by atoms with Gasteiger partial charge in [-0.25, -0.2) is 0 Å². The van der Waals surface area contributed by atoms with Crippen LogP contribution in [-0.4, -0.2) is 60.1 Å². The van der Waals surface area contributed by atoms with Gasteiger partial charge in [-0.05, 0) is 0 Å². The second kappa shape index (κ2) is 14.1. The van der Waals surface area contributed by atoms with E-state index in [0.29, 0.717) is 11.6 Å². The van der Waals surface area contributed by atoms with Gasteiger partial charge in [0.15, 0.2) is 0 Å². The minimum absolute atomic E-state index is 0.00192. The summed E-state index contributed by atoms with van der Waals surface area (Å²) in [6.45, 7) is 7.72. The average Bonchev–Trinajstić information content (AvgIpc) is 2.68. The molecule has 1 fully saturated rings. The summed E-state index contributed by atoms with van der Waals surface area (Å²) < 4.78 is 11.9. The van der Waals surface area contributed by atoms with Crippen LogP contribution in [0.2, 0.25) is 5.21 Å². The van der Waals surface area contributed by atoms with Crippen LogP contribution >= 0.6 is 8.03 Å². The summed E-state index contributed by atoms with van der Waals surface area (Å²) in [6.07, 6.45) is 5.31. The summed E-state index contributed by atoms with van der Waals surface area (Å²) in [4.78, 5) is 34.9. The zero-order valence-corrected chi connectivity index (χ0v) is 22.0. The van der Waals surface area contributed by atoms with Gasteiger partial charge in [-0.15, -0.1) is 0 Å². The maximum absolute atomic E-state index is 12.8. The number of rotatable bonds is 13. The molecule has 1 aliphatic carbocycles. The van der Waals surface area contributed by atoms with Gasteiger partial charge < -0.3 is 0 Å². The van der Waals surface area contributed by atoms with Crippen molar-refractivity contribution in [2.45, 2.75) is 102 Å². The monoisotopic (exact) mass is 508 g/mol. The Morgan fingerprint density at radius 3 is 2.23 bits per heavy atom. The molecule has 0 aromatic carbocycles. The molecule has 7 nitrogen and oxygen atoms in total. The SMILES string of the molecule is CC(C)C[C@H](NC(=O)[C@@H](N)C(C)C)C(=O)[AsH]C[C@H](O)CC(C1CCCCC1)[PH](=O)O. The second-order valence-electron chi connectivity index (χ2n) is 9.44. The van der Waals surface area contributed by atoms with Crippen molar-refractivity contribution in [2.75, 3.05) is 0 Å². The van der Waals surface area contributed by atoms with Crippen molar-refractivity contribution >= 4 is 34.3 Å². The number of carbonyl (C=O) groups excluding carboxylic acids is 2. The standard InChI is InChI=1S/C21H42AsN2O5P/c1-13(2)10-17(24-21(27)19(23)14(3)4)20(26)22-12-16(25)11-18(30(28)29)15-8-6-5-7-9-15/h13-19,22,25,30H,5-12,23H2,1-4H3,(H,24,27)(H,28,29)/t16-,17+,18?,19+/m1/s1. The van der Waals surface area contributed by atoms with E-state index in [1.54, 1.807) is 0 Å². The summed E-state index contributed by atoms with van der Waals surface area (Å²) >= 11 is -1.16. The van der Waals surface area contributed by atoms with Crippen LogP contribution < -0.4 is 11.1 Å². The van der Waals surface area contributed by atoms with Crippen molar-refractivity contribution in [2.24, 2.45) is 23.5 Å². The fraction of sp³-hybridized carbons (Fsp3) is 0.905. The topological polar surface area (TPSA) is 130 Å². The number of amides is 1. The number of hydrogen-bond acceptors (Lipinski definition) is 5. The van der Waals surface area contributed by atoms with E-state index < -0.39 is 42.0 Å². The maximum atomic E-state index is 12.8. The molecule has 9 heteroatoms. The summed E-state index contributed by atoms with van der Waals surface area (Å²) in [5.41, 5.74) is 5.55. The van der Waals surface area contributed by atoms with Crippen molar-refractivity contribution in [3.63, 3.8) is 0 Å². The average molecular weight is 508 g/mol. The molecular formula is C21H42AsN2O5P. The summed E-state index contributed by atoms with van der Waals surface area (Å²) in [7, 11) is -2.72. The molecule has 0 aromatic heterocycles. The first-order valence-corrected chi connectivity index (χ1v) is 15.2. The van der Waals surface area contributed by atoms with Crippen LogP contribution in [0, 0.1) is 17.8 Å². The first-order valence-electron chi connectivity index (χ1n) is 11.3. The first kappa shape index (κ1) is 27.8. The minimum atomic E-state index is -2.72. The van der Waals surface area contributed by atoms with Crippen LogP contribution in [0.15, 0.2) is 0 Å². The molecule has 1 rings (SSSR count). The second-order valence-corrected chi connectivity index (χ2v) is 13.5. The molecule has 0 aromatic rings. The van der Waals surface area contributed by atoms with Gasteiger partial charge in [0.05, 0.1) is 0 Å². The van der Waals surface area contributed by atoms with E-state index >= 15 is 0 Å². The van der Waals surface area contributed by atoms with Crippen molar-refractivity contribution in [1.29, 1.82) is 0 Å². The van der Waals surface area contributed by atoms with Crippen LogP contribution in [0.1, 0.15) is 72.6 Å². The zero-order valence-electron chi connectivity index (χ0n) is 18.9. The van der Waals surface area contributed by atoms with Gasteiger partial charge in [0.2, 0.25) is 0 Å². The predicted molar refractivity (Wildman–Crippen MR) is 123 cm³/mol. The van der Waals surface area contributed by atoms with Crippen LogP contribution in [0.5, 0.6) is 0 Å². The van der Waals surface area contributed by atoms with Gasteiger partial charge in [-0.1, -0.05) is 0 Å². The van der Waals surface area contributed by atoms with E-state index in [-0.39, 0.29) is 40.3 Å². The Balaban J connectivity index is 2.63. The molecule has 6 atom stereocenters. The zero-order chi connectivity index (χ0) is 22.8. The number of nitrogens with one attached hydrogen (secondary N) is 1. The summed E-state index contributed by atoms with van der Waals surface area (Å²) in [6, 6.07) is -1.22. The summed E-state index contributed by atoms with van der Waals surface area (Å²) in [5.74, 6) is 0.107. The molecule has 1 aliphatic rings. The molecule has 30 heavy (non-hydrogen) atoms. The van der Waals surface area contributed by atoms with E-state index in [2.05, 4.69) is 5.32 Å². The number of hydrogen-bond donors (Lipinski definition) is 4. The van der Waals surface area contributed by atoms with Crippen molar-refractivity contribution in [3.8, 4) is 0 Å². The Labute approximate surface area is 188 Å². The molecule has 0 spiro atoms. The molecule has 1 amide bonds. The van der Waals surface area contributed by atoms with E-state index in [0.717, 1.165) is 25.7 Å². The van der Waals surface area contributed by atoms with E-state index in [4.69, 9.17) is 5.73 Å². The molecule has 0 aliphatic heterocycles. The molecular weight excluding hydrogens is 466 g/mol. The number of carbonyl (C=O) groups is 2. The molecule has 5 N–H and O–H groups in total. The molecule has 0 saturated heterocycles. The van der Waals surface area contributed by atoms with Gasteiger partial charge in [0, 0.05) is 0 Å². The third kappa shape index (κ3) is 9.95. The molecule has 0 bridgehead atoms. The van der Waals surface area contributed by atoms with Gasteiger partial charge in [-0.2, -0.15) is 0 Å². The van der Waals surface area contributed by atoms with Crippen LogP contribution in [0.25, 0.3) is 0 Å². The first-order chi connectivity index (χ1) is 14.0. The van der Waals surface area contributed by atoms with E-state index in [1.807, 2.05) is 27.7 Å². The molecule has 0 radical (unpaired) electrons. The Bertz CT molecular complexity index is 570. The van der Waals surface area contributed by atoms with Gasteiger partial charge in [-0.3, -0.25) is 0 Å². The van der Waals surface area contributed by atoms with Crippen LogP contribution in [0.3, 0.4) is 0 Å². The van der Waals surface area contributed by atoms with Crippen LogP contribution in [0.4, 0.5) is 0 Å². The predicted octanol–water partition coefficient (Wildman–Crippen LogP) is 2.05. The third-order valence-corrected chi connectivity index (χ3v) is 10.2. The fourth-order valence-corrected chi connectivity index (χ4v) is 7.42. The normalized spacial score (nSPS) is 21.0. The van der Waals surface area contributed by atoms with Gasteiger partial charge >= 0.3 is 189 Å². The molecule has 176 valence electrons.